The third-order valence-corrected chi connectivity index (χ3v) is 5.49. The van der Waals surface area contributed by atoms with E-state index in [1.807, 2.05) is 0 Å². The van der Waals surface area contributed by atoms with Crippen molar-refractivity contribution in [2.75, 3.05) is 19.6 Å². The number of nitrogens with zero attached hydrogens (tertiary/aromatic N) is 1. The van der Waals surface area contributed by atoms with E-state index in [4.69, 9.17) is 0 Å². The van der Waals surface area contributed by atoms with E-state index in [1.165, 1.54) is 83.8 Å². The normalized spacial score (nSPS) is 29.1. The van der Waals surface area contributed by atoms with E-state index in [0.717, 1.165) is 12.0 Å². The monoisotopic (exact) mass is 280 g/mol. The molecule has 1 saturated carbocycles. The molecule has 118 valence electrons. The van der Waals surface area contributed by atoms with Gasteiger partial charge in [0, 0.05) is 25.2 Å². The van der Waals surface area contributed by atoms with E-state index in [-0.39, 0.29) is 0 Å². The molecular weight excluding hydrogens is 244 g/mol. The summed E-state index contributed by atoms with van der Waals surface area (Å²) in [6.45, 7) is 8.47. The Bertz CT molecular complexity index is 252. The summed E-state index contributed by atoms with van der Waals surface area (Å²) in [5, 5.41) is 3.74. The van der Waals surface area contributed by atoms with Crippen LogP contribution in [0.15, 0.2) is 0 Å². The standard InChI is InChI=1S/C18H36N2/c1-3-4-5-9-16(2)19-13-15-20-14-8-11-17-10-6-7-12-18(17)20/h16-19H,3-15H2,1-2H3. The highest BCUT2D eigenvalue weighted by Crippen LogP contribution is 2.34. The zero-order chi connectivity index (χ0) is 14.2. The molecule has 2 nitrogen and oxygen atoms in total. The van der Waals surface area contributed by atoms with E-state index >= 15 is 0 Å². The second-order valence-corrected chi connectivity index (χ2v) is 7.14. The summed E-state index contributed by atoms with van der Waals surface area (Å²) < 4.78 is 0. The summed E-state index contributed by atoms with van der Waals surface area (Å²) >= 11 is 0. The van der Waals surface area contributed by atoms with Gasteiger partial charge in [-0.2, -0.15) is 0 Å². The van der Waals surface area contributed by atoms with Gasteiger partial charge < -0.3 is 5.32 Å². The molecule has 0 aromatic heterocycles. The Morgan fingerprint density at radius 1 is 1.10 bits per heavy atom. The molecule has 1 saturated heterocycles. The van der Waals surface area contributed by atoms with Crippen molar-refractivity contribution in [1.29, 1.82) is 0 Å². The van der Waals surface area contributed by atoms with Gasteiger partial charge in [-0.1, -0.05) is 39.0 Å². The number of unbranched alkanes of at least 4 members (excludes halogenated alkanes) is 2. The van der Waals surface area contributed by atoms with Gasteiger partial charge in [-0.3, -0.25) is 4.90 Å². The van der Waals surface area contributed by atoms with Gasteiger partial charge in [0.1, 0.15) is 0 Å². The van der Waals surface area contributed by atoms with Crippen molar-refractivity contribution in [2.45, 2.75) is 90.1 Å². The fraction of sp³-hybridized carbons (Fsp3) is 1.00. The molecule has 0 amide bonds. The second kappa shape index (κ2) is 9.04. The average molecular weight is 280 g/mol. The minimum absolute atomic E-state index is 0.702. The van der Waals surface area contributed by atoms with Crippen molar-refractivity contribution in [3.8, 4) is 0 Å². The predicted molar refractivity (Wildman–Crippen MR) is 88.2 cm³/mol. The highest BCUT2D eigenvalue weighted by Gasteiger charge is 2.32. The lowest BCUT2D eigenvalue weighted by Gasteiger charge is -2.44. The zero-order valence-corrected chi connectivity index (χ0v) is 13.9. The Hall–Kier alpha value is -0.0800. The molecule has 0 aromatic carbocycles. The number of piperidine rings is 1. The Labute approximate surface area is 126 Å². The van der Waals surface area contributed by atoms with Gasteiger partial charge in [0.05, 0.1) is 0 Å². The van der Waals surface area contributed by atoms with E-state index in [9.17, 15) is 0 Å². The third kappa shape index (κ3) is 5.04. The highest BCUT2D eigenvalue weighted by atomic mass is 15.2. The minimum Gasteiger partial charge on any atom is -0.313 e. The highest BCUT2D eigenvalue weighted by molar-refractivity contribution is 4.87. The molecule has 3 atom stereocenters. The first kappa shape index (κ1) is 16.3. The molecule has 1 aliphatic carbocycles. The molecule has 1 aliphatic heterocycles. The van der Waals surface area contributed by atoms with Gasteiger partial charge in [-0.25, -0.2) is 0 Å². The molecule has 0 bridgehead atoms. The maximum Gasteiger partial charge on any atom is 0.0124 e. The predicted octanol–water partition coefficient (Wildman–Crippen LogP) is 4.20. The van der Waals surface area contributed by atoms with Crippen LogP contribution >= 0.6 is 0 Å². The average Bonchev–Trinajstić information content (AvgIpc) is 2.48. The van der Waals surface area contributed by atoms with Crippen molar-refractivity contribution >= 4 is 0 Å². The van der Waals surface area contributed by atoms with Crippen molar-refractivity contribution in [3.05, 3.63) is 0 Å². The molecule has 1 heterocycles. The number of hydrogen-bond donors (Lipinski definition) is 1. The number of likely N-dealkylation sites (tertiary alicyclic amines) is 1. The quantitative estimate of drug-likeness (QED) is 0.670. The van der Waals surface area contributed by atoms with Crippen molar-refractivity contribution in [2.24, 2.45) is 5.92 Å². The molecule has 2 aliphatic rings. The number of hydrogen-bond acceptors (Lipinski definition) is 2. The molecule has 2 rings (SSSR count). The molecule has 0 aromatic rings. The van der Waals surface area contributed by atoms with Gasteiger partial charge in [-0.05, 0) is 51.5 Å². The van der Waals surface area contributed by atoms with Crippen LogP contribution in [0.4, 0.5) is 0 Å². The van der Waals surface area contributed by atoms with Crippen LogP contribution in [0.5, 0.6) is 0 Å². The van der Waals surface area contributed by atoms with Crippen LogP contribution in [0.3, 0.4) is 0 Å². The molecule has 0 radical (unpaired) electrons. The molecular formula is C18H36N2. The topological polar surface area (TPSA) is 15.3 Å². The maximum atomic E-state index is 3.74. The number of rotatable bonds is 8. The molecule has 0 spiro atoms. The fourth-order valence-corrected chi connectivity index (χ4v) is 4.26. The zero-order valence-electron chi connectivity index (χ0n) is 13.9. The maximum absolute atomic E-state index is 3.74. The number of nitrogens with one attached hydrogen (secondary N) is 1. The van der Waals surface area contributed by atoms with E-state index in [0.29, 0.717) is 6.04 Å². The summed E-state index contributed by atoms with van der Waals surface area (Å²) in [6, 6.07) is 1.63. The van der Waals surface area contributed by atoms with Crippen molar-refractivity contribution < 1.29 is 0 Å². The summed E-state index contributed by atoms with van der Waals surface area (Å²) in [5.74, 6) is 1.03. The van der Waals surface area contributed by atoms with Gasteiger partial charge in [0.2, 0.25) is 0 Å². The van der Waals surface area contributed by atoms with Gasteiger partial charge in [-0.15, -0.1) is 0 Å². The van der Waals surface area contributed by atoms with Crippen molar-refractivity contribution in [3.63, 3.8) is 0 Å². The molecule has 3 unspecified atom stereocenters. The Balaban J connectivity index is 1.62. The first-order valence-electron chi connectivity index (χ1n) is 9.28. The van der Waals surface area contributed by atoms with Crippen LogP contribution in [0.1, 0.15) is 78.1 Å². The van der Waals surface area contributed by atoms with E-state index < -0.39 is 0 Å². The molecule has 20 heavy (non-hydrogen) atoms. The van der Waals surface area contributed by atoms with Gasteiger partial charge in [0.15, 0.2) is 0 Å². The Morgan fingerprint density at radius 3 is 2.75 bits per heavy atom. The van der Waals surface area contributed by atoms with Crippen LogP contribution in [0.2, 0.25) is 0 Å². The summed E-state index contributed by atoms with van der Waals surface area (Å²) in [4.78, 5) is 2.80. The van der Waals surface area contributed by atoms with Crippen LogP contribution in [0.25, 0.3) is 0 Å². The van der Waals surface area contributed by atoms with E-state index in [1.54, 1.807) is 0 Å². The minimum atomic E-state index is 0.702. The van der Waals surface area contributed by atoms with Crippen LogP contribution in [-0.2, 0) is 0 Å². The van der Waals surface area contributed by atoms with Crippen LogP contribution < -0.4 is 5.32 Å². The second-order valence-electron chi connectivity index (χ2n) is 7.14. The van der Waals surface area contributed by atoms with Gasteiger partial charge >= 0.3 is 0 Å². The lowest BCUT2D eigenvalue weighted by molar-refractivity contribution is 0.0613. The SMILES string of the molecule is CCCCCC(C)NCCN1CCCC2CCCCC21. The molecule has 1 N–H and O–H groups in total. The first-order chi connectivity index (χ1) is 9.81. The third-order valence-electron chi connectivity index (χ3n) is 5.49. The fourth-order valence-electron chi connectivity index (χ4n) is 4.26. The molecule has 2 fully saturated rings. The van der Waals surface area contributed by atoms with Crippen LogP contribution in [0, 0.1) is 5.92 Å². The van der Waals surface area contributed by atoms with Crippen LogP contribution in [-0.4, -0.2) is 36.6 Å². The Morgan fingerprint density at radius 2 is 1.90 bits per heavy atom. The lowest BCUT2D eigenvalue weighted by Crippen LogP contribution is -2.49. The lowest BCUT2D eigenvalue weighted by atomic mass is 9.78. The van der Waals surface area contributed by atoms with Crippen molar-refractivity contribution in [1.82, 2.24) is 10.2 Å². The van der Waals surface area contributed by atoms with Gasteiger partial charge in [0.25, 0.3) is 0 Å². The molecule has 2 heteroatoms. The largest absolute Gasteiger partial charge is 0.313 e. The number of fused-ring (bicyclic) bond motifs is 1. The first-order valence-corrected chi connectivity index (χ1v) is 9.28. The summed E-state index contributed by atoms with van der Waals surface area (Å²) in [5.41, 5.74) is 0. The smallest absolute Gasteiger partial charge is 0.0124 e. The summed E-state index contributed by atoms with van der Waals surface area (Å²) in [6.07, 6.45) is 14.3. The summed E-state index contributed by atoms with van der Waals surface area (Å²) in [7, 11) is 0. The Kier molecular flexibility index (Phi) is 7.37. The van der Waals surface area contributed by atoms with E-state index in [2.05, 4.69) is 24.1 Å².